The van der Waals surface area contributed by atoms with Crippen LogP contribution in [0.3, 0.4) is 0 Å². The first-order valence-corrected chi connectivity index (χ1v) is 12.0. The van der Waals surface area contributed by atoms with E-state index in [4.69, 9.17) is 5.41 Å². The second-order valence-electron chi connectivity index (χ2n) is 9.24. The third-order valence-corrected chi connectivity index (χ3v) is 6.65. The molecule has 3 aromatic rings. The van der Waals surface area contributed by atoms with Gasteiger partial charge >= 0.3 is 0 Å². The van der Waals surface area contributed by atoms with E-state index >= 15 is 0 Å². The summed E-state index contributed by atoms with van der Waals surface area (Å²) in [6, 6.07) is 13.5. The van der Waals surface area contributed by atoms with Gasteiger partial charge in [-0.15, -0.1) is 0 Å². The number of carbonyl (C=O) groups is 1. The number of benzene rings is 2. The maximum absolute atomic E-state index is 13.4. The fraction of sp³-hybridized carbons (Fsp3) is 0.321. The number of aliphatic hydroxyl groups excluding tert-OH is 1. The van der Waals surface area contributed by atoms with Crippen LogP contribution in [0.5, 0.6) is 0 Å². The highest BCUT2D eigenvalue weighted by molar-refractivity contribution is 6.06. The Morgan fingerprint density at radius 1 is 1.14 bits per heavy atom. The SMILES string of the molecule is Cc1cc(C)c(CNC(=O)c2cc(-c3cccc(CO)c3)cc(NC3CCCC3)c2C=N)c(=O)[nH]1. The number of aromatic amines is 1. The Morgan fingerprint density at radius 3 is 2.60 bits per heavy atom. The molecule has 0 aliphatic heterocycles. The minimum Gasteiger partial charge on any atom is -0.392 e. The summed E-state index contributed by atoms with van der Waals surface area (Å²) in [5, 5.41) is 24.1. The first-order valence-electron chi connectivity index (χ1n) is 12.0. The molecule has 7 nitrogen and oxygen atoms in total. The van der Waals surface area contributed by atoms with Crippen molar-refractivity contribution in [2.75, 3.05) is 5.32 Å². The van der Waals surface area contributed by atoms with Crippen molar-refractivity contribution in [1.82, 2.24) is 10.3 Å². The highest BCUT2D eigenvalue weighted by Gasteiger charge is 2.21. The number of anilines is 1. The molecule has 7 heteroatoms. The molecule has 2 aromatic carbocycles. The monoisotopic (exact) mass is 472 g/mol. The summed E-state index contributed by atoms with van der Waals surface area (Å²) in [6.07, 6.45) is 5.64. The van der Waals surface area contributed by atoms with Gasteiger partial charge < -0.3 is 26.1 Å². The van der Waals surface area contributed by atoms with E-state index in [1.165, 1.54) is 6.21 Å². The van der Waals surface area contributed by atoms with E-state index < -0.39 is 0 Å². The summed E-state index contributed by atoms with van der Waals surface area (Å²) in [5.74, 6) is -0.350. The average molecular weight is 473 g/mol. The predicted octanol–water partition coefficient (Wildman–Crippen LogP) is 4.43. The predicted molar refractivity (Wildman–Crippen MR) is 139 cm³/mol. The highest BCUT2D eigenvalue weighted by Crippen LogP contribution is 2.31. The Labute approximate surface area is 205 Å². The van der Waals surface area contributed by atoms with Crippen molar-refractivity contribution in [3.63, 3.8) is 0 Å². The smallest absolute Gasteiger partial charge is 0.253 e. The number of carbonyl (C=O) groups excluding carboxylic acids is 1. The molecule has 1 aromatic heterocycles. The molecule has 5 N–H and O–H groups in total. The maximum atomic E-state index is 13.4. The van der Waals surface area contributed by atoms with Crippen LogP contribution in [-0.2, 0) is 13.2 Å². The van der Waals surface area contributed by atoms with Crippen LogP contribution in [0.25, 0.3) is 11.1 Å². The number of nitrogens with one attached hydrogen (secondary N) is 4. The van der Waals surface area contributed by atoms with Crippen LogP contribution in [0.2, 0.25) is 0 Å². The molecule has 1 aliphatic carbocycles. The number of rotatable bonds is 8. The quantitative estimate of drug-likeness (QED) is 0.312. The van der Waals surface area contributed by atoms with E-state index in [0.29, 0.717) is 22.7 Å². The minimum absolute atomic E-state index is 0.0720. The fourth-order valence-corrected chi connectivity index (χ4v) is 4.79. The number of hydrogen-bond acceptors (Lipinski definition) is 5. The number of amides is 1. The first kappa shape index (κ1) is 24.4. The van der Waals surface area contributed by atoms with Crippen LogP contribution in [0.1, 0.15) is 64.0 Å². The van der Waals surface area contributed by atoms with E-state index in [2.05, 4.69) is 15.6 Å². The van der Waals surface area contributed by atoms with Crippen molar-refractivity contribution >= 4 is 17.8 Å². The summed E-state index contributed by atoms with van der Waals surface area (Å²) in [7, 11) is 0. The third kappa shape index (κ3) is 5.52. The fourth-order valence-electron chi connectivity index (χ4n) is 4.79. The van der Waals surface area contributed by atoms with E-state index in [1.54, 1.807) is 6.07 Å². The normalized spacial score (nSPS) is 13.6. The molecule has 182 valence electrons. The molecule has 4 rings (SSSR count). The highest BCUT2D eigenvalue weighted by atomic mass is 16.3. The largest absolute Gasteiger partial charge is 0.392 e. The van der Waals surface area contributed by atoms with Crippen molar-refractivity contribution in [2.24, 2.45) is 0 Å². The lowest BCUT2D eigenvalue weighted by Gasteiger charge is -2.20. The molecule has 35 heavy (non-hydrogen) atoms. The van der Waals surface area contributed by atoms with Gasteiger partial charge in [0.2, 0.25) is 0 Å². The molecule has 1 fully saturated rings. The summed E-state index contributed by atoms with van der Waals surface area (Å²) in [4.78, 5) is 28.6. The summed E-state index contributed by atoms with van der Waals surface area (Å²) >= 11 is 0. The number of aromatic nitrogens is 1. The van der Waals surface area contributed by atoms with Crippen LogP contribution in [0, 0.1) is 19.3 Å². The zero-order valence-electron chi connectivity index (χ0n) is 20.2. The van der Waals surface area contributed by atoms with E-state index in [9.17, 15) is 14.7 Å². The lowest BCUT2D eigenvalue weighted by molar-refractivity contribution is 0.0950. The third-order valence-electron chi connectivity index (χ3n) is 6.65. The van der Waals surface area contributed by atoms with Crippen molar-refractivity contribution in [1.29, 1.82) is 5.41 Å². The average Bonchev–Trinajstić information content (AvgIpc) is 3.36. The van der Waals surface area contributed by atoms with Crippen LogP contribution < -0.4 is 16.2 Å². The molecule has 1 heterocycles. The first-order chi connectivity index (χ1) is 16.9. The zero-order valence-corrected chi connectivity index (χ0v) is 20.2. The van der Waals surface area contributed by atoms with E-state index in [1.807, 2.05) is 50.2 Å². The minimum atomic E-state index is -0.350. The van der Waals surface area contributed by atoms with Gasteiger partial charge in [0, 0.05) is 41.3 Å². The molecule has 0 saturated heterocycles. The van der Waals surface area contributed by atoms with Crippen LogP contribution in [0.15, 0.2) is 47.3 Å². The second-order valence-corrected chi connectivity index (χ2v) is 9.24. The molecule has 0 atom stereocenters. The van der Waals surface area contributed by atoms with Gasteiger partial charge in [-0.3, -0.25) is 9.59 Å². The molecule has 0 bridgehead atoms. The van der Waals surface area contributed by atoms with E-state index in [-0.39, 0.29) is 24.6 Å². The van der Waals surface area contributed by atoms with Crippen LogP contribution >= 0.6 is 0 Å². The molecule has 1 saturated carbocycles. The molecular formula is C28H32N4O3. The number of H-pyrrole nitrogens is 1. The topological polar surface area (TPSA) is 118 Å². The molecule has 0 spiro atoms. The van der Waals surface area contributed by atoms with Crippen molar-refractivity contribution in [3.8, 4) is 11.1 Å². The molecule has 1 amide bonds. The molecule has 0 unspecified atom stereocenters. The van der Waals surface area contributed by atoms with Crippen molar-refractivity contribution in [2.45, 2.75) is 58.7 Å². The van der Waals surface area contributed by atoms with Crippen LogP contribution in [-0.4, -0.2) is 28.3 Å². The van der Waals surface area contributed by atoms with Gasteiger partial charge in [0.25, 0.3) is 11.5 Å². The number of aliphatic hydroxyl groups is 1. The summed E-state index contributed by atoms with van der Waals surface area (Å²) < 4.78 is 0. The zero-order chi connectivity index (χ0) is 24.9. The number of aryl methyl sites for hydroxylation is 2. The molecule has 0 radical (unpaired) electrons. The number of pyridine rings is 1. The Kier molecular flexibility index (Phi) is 7.46. The standard InChI is InChI=1S/C28H32N4O3/c1-17-10-18(2)31-28(35)25(17)15-30-27(34)23-12-21(20-7-5-6-19(11-20)16-33)13-26(24(23)14-29)32-22-8-3-4-9-22/h5-7,10-14,22,29,32-33H,3-4,8-9,15-16H2,1-2H3,(H,30,34)(H,31,35). The van der Waals surface area contributed by atoms with Gasteiger partial charge in [0.1, 0.15) is 0 Å². The lowest BCUT2D eigenvalue weighted by Crippen LogP contribution is -2.29. The van der Waals surface area contributed by atoms with Gasteiger partial charge in [-0.25, -0.2) is 0 Å². The summed E-state index contributed by atoms with van der Waals surface area (Å²) in [5.41, 5.74) is 6.00. The molecular weight excluding hydrogens is 440 g/mol. The maximum Gasteiger partial charge on any atom is 0.253 e. The second kappa shape index (κ2) is 10.7. The van der Waals surface area contributed by atoms with Gasteiger partial charge in [0.05, 0.1) is 12.2 Å². The van der Waals surface area contributed by atoms with Crippen LogP contribution in [0.4, 0.5) is 5.69 Å². The van der Waals surface area contributed by atoms with Crippen molar-refractivity contribution in [3.05, 3.63) is 86.3 Å². The van der Waals surface area contributed by atoms with Gasteiger partial charge in [-0.05, 0) is 73.2 Å². The van der Waals surface area contributed by atoms with Gasteiger partial charge in [0.15, 0.2) is 0 Å². The van der Waals surface area contributed by atoms with E-state index in [0.717, 1.165) is 59.3 Å². The Hall–Kier alpha value is -3.71. The van der Waals surface area contributed by atoms with Gasteiger partial charge in [-0.2, -0.15) is 0 Å². The Balaban J connectivity index is 1.72. The lowest BCUT2D eigenvalue weighted by atomic mass is 9.95. The Bertz CT molecular complexity index is 1310. The number of hydrogen-bond donors (Lipinski definition) is 5. The summed E-state index contributed by atoms with van der Waals surface area (Å²) in [6.45, 7) is 3.69. The van der Waals surface area contributed by atoms with Crippen molar-refractivity contribution < 1.29 is 9.90 Å². The Morgan fingerprint density at radius 2 is 1.91 bits per heavy atom. The molecule has 1 aliphatic rings. The van der Waals surface area contributed by atoms with Gasteiger partial charge in [-0.1, -0.05) is 31.0 Å².